The van der Waals surface area contributed by atoms with E-state index in [4.69, 9.17) is 4.74 Å². The normalized spacial score (nSPS) is 10.9. The number of nitrogens with zero attached hydrogens (tertiary/aromatic N) is 4. The summed E-state index contributed by atoms with van der Waals surface area (Å²) in [6.45, 7) is 11.5. The molecule has 0 bridgehead atoms. The average molecular weight is 489 g/mol. The molecular weight excluding hydrogens is 460 g/mol. The summed E-state index contributed by atoms with van der Waals surface area (Å²) in [5.41, 5.74) is 7.85. The number of anilines is 2. The Kier molecular flexibility index (Phi) is 6.84. The van der Waals surface area contributed by atoms with Gasteiger partial charge in [-0.25, -0.2) is 14.5 Å². The van der Waals surface area contributed by atoms with Crippen molar-refractivity contribution in [3.8, 4) is 5.69 Å². The SMILES string of the molecule is CC(=O)N(c1nc(COC(=O)c2ccc(-n3nc(C)cc3C)cc2)cs1)c1c(C)cc(C)cc1C. The highest BCUT2D eigenvalue weighted by Gasteiger charge is 2.22. The Labute approximate surface area is 209 Å². The van der Waals surface area contributed by atoms with Crippen molar-refractivity contribution in [3.05, 3.63) is 87.2 Å². The number of carbonyl (C=O) groups is 2. The Morgan fingerprint density at radius 3 is 2.23 bits per heavy atom. The molecule has 1 amide bonds. The van der Waals surface area contributed by atoms with E-state index in [-0.39, 0.29) is 12.5 Å². The molecule has 4 aromatic rings. The average Bonchev–Trinajstić information content (AvgIpc) is 3.39. The molecule has 0 N–H and O–H groups in total. The summed E-state index contributed by atoms with van der Waals surface area (Å²) in [4.78, 5) is 31.3. The number of thiazole rings is 1. The quantitative estimate of drug-likeness (QED) is 0.315. The van der Waals surface area contributed by atoms with Gasteiger partial charge in [0.15, 0.2) is 5.13 Å². The molecule has 0 aliphatic carbocycles. The third-order valence-corrected chi connectivity index (χ3v) is 6.49. The Hall–Kier alpha value is -3.78. The third kappa shape index (κ3) is 5.17. The van der Waals surface area contributed by atoms with E-state index in [1.54, 1.807) is 17.0 Å². The van der Waals surface area contributed by atoms with Crippen LogP contribution in [-0.2, 0) is 16.1 Å². The van der Waals surface area contributed by atoms with E-state index in [1.807, 2.05) is 62.9 Å². The van der Waals surface area contributed by atoms with Crippen LogP contribution in [0.25, 0.3) is 5.69 Å². The number of hydrogen-bond acceptors (Lipinski definition) is 6. The number of amides is 1. The van der Waals surface area contributed by atoms with Crippen LogP contribution >= 0.6 is 11.3 Å². The second-order valence-electron chi connectivity index (χ2n) is 8.69. The molecule has 0 aliphatic heterocycles. The molecule has 0 unspecified atom stereocenters. The molecule has 0 saturated carbocycles. The zero-order chi connectivity index (χ0) is 25.3. The van der Waals surface area contributed by atoms with Crippen LogP contribution in [-0.4, -0.2) is 26.6 Å². The number of aryl methyl sites for hydroxylation is 5. The van der Waals surface area contributed by atoms with Crippen molar-refractivity contribution in [2.24, 2.45) is 0 Å². The van der Waals surface area contributed by atoms with E-state index in [1.165, 1.54) is 18.3 Å². The van der Waals surface area contributed by atoms with Crippen molar-refractivity contribution in [1.29, 1.82) is 0 Å². The van der Waals surface area contributed by atoms with Crippen molar-refractivity contribution < 1.29 is 14.3 Å². The number of rotatable bonds is 6. The number of benzene rings is 2. The van der Waals surface area contributed by atoms with Crippen molar-refractivity contribution >= 4 is 34.0 Å². The lowest BCUT2D eigenvalue weighted by Gasteiger charge is -2.23. The zero-order valence-corrected chi connectivity index (χ0v) is 21.6. The minimum absolute atomic E-state index is 0.0200. The van der Waals surface area contributed by atoms with Gasteiger partial charge in [0.2, 0.25) is 5.91 Å². The molecule has 7 nitrogen and oxygen atoms in total. The lowest BCUT2D eigenvalue weighted by Crippen LogP contribution is -2.24. The van der Waals surface area contributed by atoms with Crippen LogP contribution in [0.1, 0.15) is 51.1 Å². The van der Waals surface area contributed by atoms with Crippen molar-refractivity contribution in [2.45, 2.75) is 48.1 Å². The molecule has 4 rings (SSSR count). The van der Waals surface area contributed by atoms with Gasteiger partial charge in [0.05, 0.1) is 28.3 Å². The summed E-state index contributed by atoms with van der Waals surface area (Å²) in [7, 11) is 0. The molecule has 35 heavy (non-hydrogen) atoms. The smallest absolute Gasteiger partial charge is 0.338 e. The molecule has 180 valence electrons. The topological polar surface area (TPSA) is 77.3 Å². The first kappa shape index (κ1) is 24.3. The van der Waals surface area contributed by atoms with Crippen LogP contribution < -0.4 is 4.90 Å². The highest BCUT2D eigenvalue weighted by Crippen LogP contribution is 2.34. The fourth-order valence-electron chi connectivity index (χ4n) is 4.23. The number of aromatic nitrogens is 3. The number of esters is 1. The van der Waals surface area contributed by atoms with Crippen LogP contribution in [0.15, 0.2) is 47.8 Å². The maximum Gasteiger partial charge on any atom is 0.338 e. The summed E-state index contributed by atoms with van der Waals surface area (Å²) in [5, 5.41) is 6.82. The molecule has 2 aromatic carbocycles. The van der Waals surface area contributed by atoms with Gasteiger partial charge in [-0.2, -0.15) is 5.10 Å². The molecule has 2 heterocycles. The van der Waals surface area contributed by atoms with E-state index in [0.29, 0.717) is 16.4 Å². The fourth-order valence-corrected chi connectivity index (χ4v) is 5.09. The van der Waals surface area contributed by atoms with Crippen molar-refractivity contribution in [3.63, 3.8) is 0 Å². The molecule has 0 aliphatic rings. The van der Waals surface area contributed by atoms with E-state index in [9.17, 15) is 9.59 Å². The largest absolute Gasteiger partial charge is 0.456 e. The molecule has 0 fully saturated rings. The Bertz CT molecular complexity index is 1380. The predicted octanol–water partition coefficient (Wildman–Crippen LogP) is 5.91. The Balaban J connectivity index is 1.46. The van der Waals surface area contributed by atoms with Gasteiger partial charge in [0, 0.05) is 18.0 Å². The summed E-state index contributed by atoms with van der Waals surface area (Å²) >= 11 is 1.35. The van der Waals surface area contributed by atoms with Gasteiger partial charge in [-0.15, -0.1) is 11.3 Å². The maximum absolute atomic E-state index is 12.6. The molecular formula is C27H28N4O3S. The highest BCUT2D eigenvalue weighted by molar-refractivity contribution is 7.14. The number of carbonyl (C=O) groups excluding carboxylic acids is 2. The summed E-state index contributed by atoms with van der Waals surface area (Å²) < 4.78 is 7.32. The first-order valence-electron chi connectivity index (χ1n) is 11.3. The van der Waals surface area contributed by atoms with Crippen molar-refractivity contribution in [1.82, 2.24) is 14.8 Å². The maximum atomic E-state index is 12.6. The first-order valence-corrected chi connectivity index (χ1v) is 12.2. The van der Waals surface area contributed by atoms with Crippen LogP contribution in [0.4, 0.5) is 10.8 Å². The lowest BCUT2D eigenvalue weighted by molar-refractivity contribution is -0.115. The predicted molar refractivity (Wildman–Crippen MR) is 138 cm³/mol. The lowest BCUT2D eigenvalue weighted by atomic mass is 10.0. The Morgan fingerprint density at radius 1 is 1.00 bits per heavy atom. The summed E-state index contributed by atoms with van der Waals surface area (Å²) in [6.07, 6.45) is 0. The van der Waals surface area contributed by atoms with Gasteiger partial charge in [-0.05, 0) is 76.1 Å². The van der Waals surface area contributed by atoms with Gasteiger partial charge < -0.3 is 4.74 Å². The highest BCUT2D eigenvalue weighted by atomic mass is 32.1. The molecule has 0 spiro atoms. The molecule has 8 heteroatoms. The van der Waals surface area contributed by atoms with E-state index in [0.717, 1.165) is 39.5 Å². The second-order valence-corrected chi connectivity index (χ2v) is 9.52. The van der Waals surface area contributed by atoms with Gasteiger partial charge in [-0.3, -0.25) is 9.69 Å². The van der Waals surface area contributed by atoms with Crippen molar-refractivity contribution in [2.75, 3.05) is 4.90 Å². The molecule has 2 aromatic heterocycles. The van der Waals surface area contributed by atoms with E-state index >= 15 is 0 Å². The van der Waals surface area contributed by atoms with E-state index < -0.39 is 5.97 Å². The number of ether oxygens (including phenoxy) is 1. The van der Waals surface area contributed by atoms with Gasteiger partial charge in [-0.1, -0.05) is 17.7 Å². The van der Waals surface area contributed by atoms with Crippen LogP contribution in [0.3, 0.4) is 0 Å². The van der Waals surface area contributed by atoms with Crippen LogP contribution in [0.5, 0.6) is 0 Å². The second kappa shape index (κ2) is 9.84. The molecule has 0 saturated heterocycles. The summed E-state index contributed by atoms with van der Waals surface area (Å²) in [6, 6.07) is 13.2. The minimum Gasteiger partial charge on any atom is -0.456 e. The zero-order valence-electron chi connectivity index (χ0n) is 20.7. The van der Waals surface area contributed by atoms with Gasteiger partial charge >= 0.3 is 5.97 Å². The molecule has 0 atom stereocenters. The third-order valence-electron chi connectivity index (χ3n) is 5.61. The Morgan fingerprint density at radius 2 is 1.66 bits per heavy atom. The minimum atomic E-state index is -0.437. The fraction of sp³-hybridized carbons (Fsp3) is 0.259. The monoisotopic (exact) mass is 488 g/mol. The van der Waals surface area contributed by atoms with E-state index in [2.05, 4.69) is 22.2 Å². The summed E-state index contributed by atoms with van der Waals surface area (Å²) in [5.74, 6) is -0.561. The van der Waals surface area contributed by atoms with Gasteiger partial charge in [0.1, 0.15) is 6.61 Å². The molecule has 0 radical (unpaired) electrons. The standard InChI is InChI=1S/C27H28N4O3S/c1-16-11-17(2)25(18(3)12-16)30(21(6)32)27-28-23(15-35-27)14-34-26(33)22-7-9-24(10-8-22)31-20(5)13-19(4)29-31/h7-13,15H,14H2,1-6H3. The van der Waals surface area contributed by atoms with Gasteiger partial charge in [0.25, 0.3) is 0 Å². The van der Waals surface area contributed by atoms with Crippen LogP contribution in [0.2, 0.25) is 0 Å². The number of hydrogen-bond donors (Lipinski definition) is 0. The first-order chi connectivity index (χ1) is 16.6. The van der Waals surface area contributed by atoms with Crippen LogP contribution in [0, 0.1) is 34.6 Å².